The molecule has 0 aliphatic carbocycles. The van der Waals surface area contributed by atoms with Crippen LogP contribution >= 0.6 is 15.9 Å². The highest BCUT2D eigenvalue weighted by Gasteiger charge is 2.27. The van der Waals surface area contributed by atoms with Crippen LogP contribution < -0.4 is 5.32 Å². The van der Waals surface area contributed by atoms with Crippen molar-refractivity contribution < 1.29 is 22.0 Å². The summed E-state index contributed by atoms with van der Waals surface area (Å²) in [6.45, 7) is 1.25. The number of rotatable bonds is 7. The van der Waals surface area contributed by atoms with Crippen molar-refractivity contribution in [1.82, 2.24) is 4.31 Å². The number of carbonyl (C=O) groups excluding carboxylic acids is 1. The Bertz CT molecular complexity index is 1180. The lowest BCUT2D eigenvalue weighted by Crippen LogP contribution is -2.37. The molecule has 0 bridgehead atoms. The fourth-order valence-electron chi connectivity index (χ4n) is 2.82. The fourth-order valence-corrected chi connectivity index (χ4v) is 4.47. The first-order chi connectivity index (χ1) is 14.6. The first-order valence-corrected chi connectivity index (χ1v) is 11.4. The summed E-state index contributed by atoms with van der Waals surface area (Å²) in [6.07, 6.45) is 0. The Morgan fingerprint density at radius 3 is 2.29 bits per heavy atom. The van der Waals surface area contributed by atoms with Crippen molar-refractivity contribution in [1.29, 1.82) is 0 Å². The number of nitrogens with zero attached hydrogens (tertiary/aromatic N) is 1. The minimum atomic E-state index is -4.05. The summed E-state index contributed by atoms with van der Waals surface area (Å²) < 4.78 is 55.4. The topological polar surface area (TPSA) is 66.5 Å². The first-order valence-electron chi connectivity index (χ1n) is 9.21. The number of sulfonamides is 1. The third-order valence-electron chi connectivity index (χ3n) is 4.45. The van der Waals surface area contributed by atoms with Crippen LogP contribution in [0.15, 0.2) is 76.1 Å². The maximum absolute atomic E-state index is 13.9. The Kier molecular flexibility index (Phi) is 7.19. The molecule has 0 atom stereocenters. The summed E-state index contributed by atoms with van der Waals surface area (Å²) >= 11 is 3.26. The number of carbonyl (C=O) groups is 1. The Morgan fingerprint density at radius 1 is 1.00 bits per heavy atom. The molecule has 0 radical (unpaired) electrons. The largest absolute Gasteiger partial charge is 0.322 e. The minimum Gasteiger partial charge on any atom is -0.322 e. The number of hydrogen-bond acceptors (Lipinski definition) is 3. The van der Waals surface area contributed by atoms with Crippen molar-refractivity contribution in [3.63, 3.8) is 0 Å². The molecule has 0 aliphatic rings. The van der Waals surface area contributed by atoms with Gasteiger partial charge < -0.3 is 5.32 Å². The molecule has 5 nitrogen and oxygen atoms in total. The van der Waals surface area contributed by atoms with E-state index in [0.717, 1.165) is 28.1 Å². The van der Waals surface area contributed by atoms with E-state index < -0.39 is 34.1 Å². The number of amides is 1. The van der Waals surface area contributed by atoms with Crippen molar-refractivity contribution in [2.24, 2.45) is 0 Å². The molecule has 1 N–H and O–H groups in total. The standard InChI is InChI=1S/C22H19BrF2N2O3S/c1-15-2-4-16(5-3-15)13-27(31(29,30)19-9-6-17(23)7-10-19)14-22(28)26-21-12-18(24)8-11-20(21)25/h2-12H,13-14H2,1H3,(H,26,28). The summed E-state index contributed by atoms with van der Waals surface area (Å²) in [5, 5.41) is 2.24. The van der Waals surface area contributed by atoms with Gasteiger partial charge in [-0.1, -0.05) is 45.8 Å². The van der Waals surface area contributed by atoms with Gasteiger partial charge in [0.15, 0.2) is 0 Å². The van der Waals surface area contributed by atoms with Gasteiger partial charge in [0, 0.05) is 17.1 Å². The van der Waals surface area contributed by atoms with Crippen LogP contribution in [0.3, 0.4) is 0 Å². The summed E-state index contributed by atoms with van der Waals surface area (Å²) in [7, 11) is -4.05. The highest BCUT2D eigenvalue weighted by atomic mass is 79.9. The van der Waals surface area contributed by atoms with E-state index >= 15 is 0 Å². The molecule has 1 amide bonds. The van der Waals surface area contributed by atoms with Crippen LogP contribution in [-0.2, 0) is 21.4 Å². The van der Waals surface area contributed by atoms with Crippen LogP contribution in [0.1, 0.15) is 11.1 Å². The number of anilines is 1. The quantitative estimate of drug-likeness (QED) is 0.495. The van der Waals surface area contributed by atoms with E-state index in [1.165, 1.54) is 12.1 Å². The summed E-state index contributed by atoms with van der Waals surface area (Å²) in [4.78, 5) is 12.6. The molecule has 31 heavy (non-hydrogen) atoms. The Labute approximate surface area is 187 Å². The molecule has 0 aliphatic heterocycles. The maximum atomic E-state index is 13.9. The second-order valence-corrected chi connectivity index (χ2v) is 9.74. The van der Waals surface area contributed by atoms with Crippen LogP contribution in [0.2, 0.25) is 0 Å². The Balaban J connectivity index is 1.89. The average Bonchev–Trinajstić information content (AvgIpc) is 2.72. The van der Waals surface area contributed by atoms with Gasteiger partial charge in [0.25, 0.3) is 0 Å². The monoisotopic (exact) mass is 508 g/mol. The van der Waals surface area contributed by atoms with Crippen LogP contribution in [0.5, 0.6) is 0 Å². The number of hydrogen-bond donors (Lipinski definition) is 1. The molecular weight excluding hydrogens is 490 g/mol. The molecule has 0 aromatic heterocycles. The van der Waals surface area contributed by atoms with E-state index in [2.05, 4.69) is 21.2 Å². The third-order valence-corrected chi connectivity index (χ3v) is 6.79. The molecule has 0 spiro atoms. The van der Waals surface area contributed by atoms with Gasteiger partial charge in [0.05, 0.1) is 17.1 Å². The van der Waals surface area contributed by atoms with Gasteiger partial charge in [-0.15, -0.1) is 0 Å². The van der Waals surface area contributed by atoms with E-state index in [0.29, 0.717) is 10.0 Å². The molecule has 0 saturated heterocycles. The minimum absolute atomic E-state index is 0.00699. The SMILES string of the molecule is Cc1ccc(CN(CC(=O)Nc2cc(F)ccc2F)S(=O)(=O)c2ccc(Br)cc2)cc1. The summed E-state index contributed by atoms with van der Waals surface area (Å²) in [5.74, 6) is -2.34. The lowest BCUT2D eigenvalue weighted by atomic mass is 10.1. The van der Waals surface area contributed by atoms with Crippen LogP contribution in [0.25, 0.3) is 0 Å². The molecular formula is C22H19BrF2N2O3S. The lowest BCUT2D eigenvalue weighted by Gasteiger charge is -2.22. The zero-order valence-corrected chi connectivity index (χ0v) is 18.9. The zero-order valence-electron chi connectivity index (χ0n) is 16.5. The molecule has 3 aromatic rings. The van der Waals surface area contributed by atoms with Crippen molar-refractivity contribution in [2.75, 3.05) is 11.9 Å². The second kappa shape index (κ2) is 9.67. The molecule has 9 heteroatoms. The molecule has 162 valence electrons. The van der Waals surface area contributed by atoms with E-state index in [1.54, 1.807) is 24.3 Å². The van der Waals surface area contributed by atoms with Gasteiger partial charge in [0.1, 0.15) is 11.6 Å². The average molecular weight is 509 g/mol. The molecule has 0 heterocycles. The van der Waals surface area contributed by atoms with Gasteiger partial charge in [-0.3, -0.25) is 4.79 Å². The normalized spacial score (nSPS) is 11.5. The van der Waals surface area contributed by atoms with Crippen LogP contribution in [0.4, 0.5) is 14.5 Å². The van der Waals surface area contributed by atoms with Gasteiger partial charge in [0.2, 0.25) is 15.9 Å². The molecule has 0 fully saturated rings. The van der Waals surface area contributed by atoms with E-state index in [1.807, 2.05) is 19.1 Å². The second-order valence-electron chi connectivity index (χ2n) is 6.88. The van der Waals surface area contributed by atoms with Crippen molar-refractivity contribution in [2.45, 2.75) is 18.4 Å². The van der Waals surface area contributed by atoms with Crippen LogP contribution in [-0.4, -0.2) is 25.2 Å². The molecule has 3 rings (SSSR count). The number of nitrogens with one attached hydrogen (secondary N) is 1. The summed E-state index contributed by atoms with van der Waals surface area (Å²) in [5.41, 5.74) is 1.32. The molecule has 3 aromatic carbocycles. The highest BCUT2D eigenvalue weighted by Crippen LogP contribution is 2.22. The van der Waals surface area contributed by atoms with Crippen LogP contribution in [0, 0.1) is 18.6 Å². The van der Waals surface area contributed by atoms with E-state index in [4.69, 9.17) is 0 Å². The lowest BCUT2D eigenvalue weighted by molar-refractivity contribution is -0.116. The van der Waals surface area contributed by atoms with Gasteiger partial charge >= 0.3 is 0 Å². The van der Waals surface area contributed by atoms with Crippen molar-refractivity contribution in [3.8, 4) is 0 Å². The van der Waals surface area contributed by atoms with Gasteiger partial charge in [-0.25, -0.2) is 17.2 Å². The smallest absolute Gasteiger partial charge is 0.243 e. The third kappa shape index (κ3) is 5.96. The Morgan fingerprint density at radius 2 is 1.65 bits per heavy atom. The predicted octanol–water partition coefficient (Wildman–Crippen LogP) is 4.87. The molecule has 0 saturated carbocycles. The Hall–Kier alpha value is -2.62. The van der Waals surface area contributed by atoms with E-state index in [-0.39, 0.29) is 17.1 Å². The summed E-state index contributed by atoms with van der Waals surface area (Å²) in [6, 6.07) is 15.9. The zero-order chi connectivity index (χ0) is 22.6. The predicted molar refractivity (Wildman–Crippen MR) is 118 cm³/mol. The van der Waals surface area contributed by atoms with Gasteiger partial charge in [-0.05, 0) is 48.9 Å². The first kappa shape index (κ1) is 23.1. The fraction of sp³-hybridized carbons (Fsp3) is 0.136. The van der Waals surface area contributed by atoms with Gasteiger partial charge in [-0.2, -0.15) is 4.31 Å². The number of aryl methyl sites for hydroxylation is 1. The highest BCUT2D eigenvalue weighted by molar-refractivity contribution is 9.10. The number of halogens is 3. The van der Waals surface area contributed by atoms with E-state index in [9.17, 15) is 22.0 Å². The van der Waals surface area contributed by atoms with Crippen molar-refractivity contribution in [3.05, 3.63) is 94.0 Å². The molecule has 0 unspecified atom stereocenters. The van der Waals surface area contributed by atoms with Crippen molar-refractivity contribution >= 4 is 37.5 Å². The number of benzene rings is 3. The maximum Gasteiger partial charge on any atom is 0.243 e.